The van der Waals surface area contributed by atoms with Gasteiger partial charge in [0.2, 0.25) is 5.91 Å². The molecule has 9 heteroatoms. The van der Waals surface area contributed by atoms with Gasteiger partial charge in [-0.25, -0.2) is 0 Å². The maximum atomic E-state index is 13.7. The molecule has 0 radical (unpaired) electrons. The van der Waals surface area contributed by atoms with Crippen molar-refractivity contribution >= 4 is 39.6 Å². The predicted molar refractivity (Wildman–Crippen MR) is 164 cm³/mol. The van der Waals surface area contributed by atoms with Gasteiger partial charge in [-0.1, -0.05) is 84.6 Å². The Balaban J connectivity index is 1.29. The number of ether oxygens (including phenoxy) is 3. The van der Waals surface area contributed by atoms with Crippen LogP contribution in [0.4, 0.5) is 4.79 Å². The number of rotatable bonds is 12. The highest BCUT2D eigenvalue weighted by Crippen LogP contribution is 2.31. The van der Waals surface area contributed by atoms with Crippen molar-refractivity contribution in [2.75, 3.05) is 34.2 Å². The average molecular weight is 585 g/mol. The lowest BCUT2D eigenvalue weighted by atomic mass is 10.00. The second-order valence-corrected chi connectivity index (χ2v) is 11.1. The first-order chi connectivity index (χ1) is 20.4. The summed E-state index contributed by atoms with van der Waals surface area (Å²) >= 11 is 1.03. The number of amides is 3. The van der Waals surface area contributed by atoms with Crippen LogP contribution in [0.15, 0.2) is 84.9 Å². The van der Waals surface area contributed by atoms with E-state index in [0.29, 0.717) is 37.5 Å². The molecule has 1 N–H and O–H groups in total. The van der Waals surface area contributed by atoms with Crippen LogP contribution in [0, 0.1) is 0 Å². The van der Waals surface area contributed by atoms with E-state index >= 15 is 0 Å². The molecule has 0 bridgehead atoms. The number of imide groups is 1. The van der Waals surface area contributed by atoms with Gasteiger partial charge < -0.3 is 19.1 Å². The molecule has 8 nitrogen and oxygen atoms in total. The Bertz CT molecular complexity index is 1590. The topological polar surface area (TPSA) is 94.2 Å². The van der Waals surface area contributed by atoms with E-state index in [1.165, 1.54) is 0 Å². The lowest BCUT2D eigenvalue weighted by molar-refractivity contribution is -0.118. The van der Waals surface area contributed by atoms with Crippen molar-refractivity contribution in [1.29, 1.82) is 0 Å². The SMILES string of the molecule is COCCOCOc1c(C(=O)N(C)Cc2cccc(-c3ccc(CC4SC(=O)NC4=O)cc3)c2)ccc2ccccc12. The Morgan fingerprint density at radius 3 is 2.48 bits per heavy atom. The predicted octanol–water partition coefficient (Wildman–Crippen LogP) is 5.67. The van der Waals surface area contributed by atoms with Crippen molar-refractivity contribution in [1.82, 2.24) is 10.2 Å². The molecule has 1 aliphatic heterocycles. The van der Waals surface area contributed by atoms with E-state index in [9.17, 15) is 14.4 Å². The van der Waals surface area contributed by atoms with Crippen molar-refractivity contribution in [3.8, 4) is 16.9 Å². The van der Waals surface area contributed by atoms with E-state index in [4.69, 9.17) is 14.2 Å². The van der Waals surface area contributed by atoms with Crippen LogP contribution in [0.2, 0.25) is 0 Å². The zero-order chi connectivity index (χ0) is 29.5. The van der Waals surface area contributed by atoms with Crippen molar-refractivity contribution < 1.29 is 28.6 Å². The Morgan fingerprint density at radius 1 is 0.905 bits per heavy atom. The lowest BCUT2D eigenvalue weighted by Gasteiger charge is -2.21. The van der Waals surface area contributed by atoms with E-state index in [0.717, 1.165) is 44.8 Å². The number of carbonyl (C=O) groups is 3. The highest BCUT2D eigenvalue weighted by molar-refractivity contribution is 8.15. The molecule has 0 aliphatic carbocycles. The number of benzene rings is 4. The van der Waals surface area contributed by atoms with Crippen LogP contribution >= 0.6 is 11.8 Å². The van der Waals surface area contributed by atoms with Crippen molar-refractivity contribution in [3.63, 3.8) is 0 Å². The third-order valence-corrected chi connectivity index (χ3v) is 7.98. The minimum atomic E-state index is -0.392. The van der Waals surface area contributed by atoms with Gasteiger partial charge in [-0.05, 0) is 46.2 Å². The number of hydrogen-bond acceptors (Lipinski definition) is 7. The van der Waals surface area contributed by atoms with Crippen LogP contribution in [-0.4, -0.2) is 61.4 Å². The van der Waals surface area contributed by atoms with E-state index < -0.39 is 5.25 Å². The fraction of sp³-hybridized carbons (Fsp3) is 0.242. The highest BCUT2D eigenvalue weighted by atomic mass is 32.2. The fourth-order valence-electron chi connectivity index (χ4n) is 4.84. The zero-order valence-corrected chi connectivity index (χ0v) is 24.3. The van der Waals surface area contributed by atoms with Crippen molar-refractivity contribution in [2.45, 2.75) is 18.2 Å². The maximum absolute atomic E-state index is 13.7. The van der Waals surface area contributed by atoms with E-state index in [-0.39, 0.29) is 23.8 Å². The molecule has 0 saturated carbocycles. The van der Waals surface area contributed by atoms with Crippen LogP contribution < -0.4 is 10.1 Å². The Labute approximate surface area is 248 Å². The van der Waals surface area contributed by atoms with Gasteiger partial charge >= 0.3 is 0 Å². The lowest BCUT2D eigenvalue weighted by Crippen LogP contribution is -2.27. The average Bonchev–Trinajstić information content (AvgIpc) is 3.32. The largest absolute Gasteiger partial charge is 0.466 e. The van der Waals surface area contributed by atoms with Crippen LogP contribution in [0.25, 0.3) is 21.9 Å². The van der Waals surface area contributed by atoms with Gasteiger partial charge in [0.05, 0.1) is 24.0 Å². The minimum absolute atomic E-state index is 0.00696. The monoisotopic (exact) mass is 584 g/mol. The van der Waals surface area contributed by atoms with Gasteiger partial charge in [-0.15, -0.1) is 0 Å². The summed E-state index contributed by atoms with van der Waals surface area (Å²) in [7, 11) is 3.39. The number of methoxy groups -OCH3 is 1. The molecule has 1 unspecified atom stereocenters. The van der Waals surface area contributed by atoms with E-state index in [1.807, 2.05) is 72.8 Å². The fourth-order valence-corrected chi connectivity index (χ4v) is 5.70. The quantitative estimate of drug-likeness (QED) is 0.169. The number of hydrogen-bond donors (Lipinski definition) is 1. The molecule has 0 aromatic heterocycles. The molecule has 5 rings (SSSR count). The second kappa shape index (κ2) is 13.7. The van der Waals surface area contributed by atoms with Gasteiger partial charge in [0.25, 0.3) is 11.1 Å². The Kier molecular flexibility index (Phi) is 9.53. The summed E-state index contributed by atoms with van der Waals surface area (Å²) in [6, 6.07) is 27.6. The summed E-state index contributed by atoms with van der Waals surface area (Å²) in [5, 5.41) is 3.46. The Hall–Kier alpha value is -4.18. The molecular weight excluding hydrogens is 552 g/mol. The van der Waals surface area contributed by atoms with E-state index in [2.05, 4.69) is 11.4 Å². The minimum Gasteiger partial charge on any atom is -0.466 e. The molecule has 1 atom stereocenters. The zero-order valence-electron chi connectivity index (χ0n) is 23.5. The van der Waals surface area contributed by atoms with Crippen LogP contribution in [0.1, 0.15) is 21.5 Å². The highest BCUT2D eigenvalue weighted by Gasteiger charge is 2.31. The number of nitrogens with zero attached hydrogens (tertiary/aromatic N) is 1. The third kappa shape index (κ3) is 6.99. The summed E-state index contributed by atoms with van der Waals surface area (Å²) in [4.78, 5) is 38.7. The standard InChI is InChI=1S/C33H32N2O6S/c1-35(32(37)28-15-14-25-7-3-4-9-27(25)30(28)41-21-40-17-16-39-2)20-23-6-5-8-26(18-23)24-12-10-22(11-13-24)19-29-31(36)34-33(38)42-29/h3-15,18,29H,16-17,19-21H2,1-2H3,(H,34,36,38). The molecule has 1 heterocycles. The smallest absolute Gasteiger partial charge is 0.286 e. The molecule has 1 fully saturated rings. The summed E-state index contributed by atoms with van der Waals surface area (Å²) in [6.07, 6.45) is 0.495. The van der Waals surface area contributed by atoms with Gasteiger partial charge in [-0.3, -0.25) is 19.7 Å². The van der Waals surface area contributed by atoms with Gasteiger partial charge in [-0.2, -0.15) is 0 Å². The van der Waals surface area contributed by atoms with Crippen LogP contribution in [0.3, 0.4) is 0 Å². The number of nitrogens with one attached hydrogen (secondary N) is 1. The molecule has 216 valence electrons. The molecule has 0 spiro atoms. The molecule has 42 heavy (non-hydrogen) atoms. The number of fused-ring (bicyclic) bond motifs is 1. The van der Waals surface area contributed by atoms with Crippen LogP contribution in [0.5, 0.6) is 5.75 Å². The molecule has 1 aliphatic rings. The molecule has 4 aromatic carbocycles. The van der Waals surface area contributed by atoms with E-state index in [1.54, 1.807) is 25.1 Å². The number of carbonyl (C=O) groups excluding carboxylic acids is 3. The van der Waals surface area contributed by atoms with Crippen molar-refractivity contribution in [2.24, 2.45) is 0 Å². The van der Waals surface area contributed by atoms with Crippen LogP contribution in [-0.2, 0) is 27.2 Å². The summed E-state index contributed by atoms with van der Waals surface area (Å²) in [5.41, 5.74) is 4.48. The Morgan fingerprint density at radius 2 is 1.71 bits per heavy atom. The summed E-state index contributed by atoms with van der Waals surface area (Å²) < 4.78 is 16.5. The first kappa shape index (κ1) is 29.3. The van der Waals surface area contributed by atoms with Gasteiger partial charge in [0, 0.05) is 26.1 Å². The molecule has 3 amide bonds. The molecule has 1 saturated heterocycles. The van der Waals surface area contributed by atoms with Gasteiger partial charge in [0.15, 0.2) is 6.79 Å². The normalized spacial score (nSPS) is 14.7. The first-order valence-electron chi connectivity index (χ1n) is 13.6. The summed E-state index contributed by atoms with van der Waals surface area (Å²) in [6.45, 7) is 1.26. The second-order valence-electron chi connectivity index (χ2n) is 9.97. The first-order valence-corrected chi connectivity index (χ1v) is 14.5. The van der Waals surface area contributed by atoms with Gasteiger partial charge in [0.1, 0.15) is 5.75 Å². The molecule has 4 aromatic rings. The van der Waals surface area contributed by atoms with Crippen molar-refractivity contribution in [3.05, 3.63) is 102 Å². The maximum Gasteiger partial charge on any atom is 0.286 e. The number of thioether (sulfide) groups is 1. The summed E-state index contributed by atoms with van der Waals surface area (Å²) in [5.74, 6) is 0.0991. The molecular formula is C33H32N2O6S. The third-order valence-electron chi connectivity index (χ3n) is 7.00.